The number of nitrogens with zero attached hydrogens (tertiary/aromatic N) is 4. The smallest absolute Gasteiger partial charge is 0.226 e. The van der Waals surface area contributed by atoms with Crippen LogP contribution in [0.25, 0.3) is 0 Å². The van der Waals surface area contributed by atoms with Crippen molar-refractivity contribution in [1.82, 2.24) is 15.1 Å². The van der Waals surface area contributed by atoms with Gasteiger partial charge in [-0.15, -0.1) is 16.4 Å². The van der Waals surface area contributed by atoms with Crippen molar-refractivity contribution < 1.29 is 4.79 Å². The summed E-state index contributed by atoms with van der Waals surface area (Å²) in [5.74, 6) is 1.90. The molecule has 6 heteroatoms. The van der Waals surface area contributed by atoms with Crippen LogP contribution in [0, 0.1) is 12.8 Å². The molecule has 1 aliphatic carbocycles. The van der Waals surface area contributed by atoms with Gasteiger partial charge in [0.2, 0.25) is 5.91 Å². The van der Waals surface area contributed by atoms with Crippen molar-refractivity contribution in [2.75, 3.05) is 31.1 Å². The summed E-state index contributed by atoms with van der Waals surface area (Å²) >= 11 is 1.83. The van der Waals surface area contributed by atoms with Crippen LogP contribution < -0.4 is 4.90 Å². The fourth-order valence-electron chi connectivity index (χ4n) is 3.50. The van der Waals surface area contributed by atoms with Gasteiger partial charge in [-0.3, -0.25) is 4.79 Å². The Morgan fingerprint density at radius 3 is 2.88 bits per heavy atom. The van der Waals surface area contributed by atoms with Crippen LogP contribution in [0.3, 0.4) is 0 Å². The predicted octanol–water partition coefficient (Wildman–Crippen LogP) is 2.69. The van der Waals surface area contributed by atoms with Crippen molar-refractivity contribution in [3.63, 3.8) is 0 Å². The third kappa shape index (κ3) is 3.15. The van der Waals surface area contributed by atoms with Gasteiger partial charge in [0.05, 0.1) is 0 Å². The minimum atomic E-state index is 0.200. The lowest BCUT2D eigenvalue weighted by atomic mass is 10.2. The number of rotatable bonds is 3. The lowest BCUT2D eigenvalue weighted by molar-refractivity contribution is -0.132. The molecule has 2 aromatic rings. The van der Waals surface area contributed by atoms with Gasteiger partial charge in [-0.05, 0) is 44.0 Å². The van der Waals surface area contributed by atoms with E-state index >= 15 is 0 Å². The van der Waals surface area contributed by atoms with Gasteiger partial charge in [-0.1, -0.05) is 0 Å². The van der Waals surface area contributed by atoms with Crippen LogP contribution in [-0.2, 0) is 4.79 Å². The molecule has 1 aliphatic heterocycles. The summed E-state index contributed by atoms with van der Waals surface area (Å²) in [7, 11) is 0. The number of carbonyl (C=O) groups excluding carboxylic acids is 1. The number of aryl methyl sites for hydroxylation is 1. The number of anilines is 1. The molecule has 2 atom stereocenters. The maximum Gasteiger partial charge on any atom is 0.226 e. The highest BCUT2D eigenvalue weighted by atomic mass is 32.1. The first-order valence-electron chi connectivity index (χ1n) is 8.60. The number of aromatic nitrogens is 2. The molecule has 1 saturated carbocycles. The molecule has 5 nitrogen and oxygen atoms in total. The maximum atomic E-state index is 12.8. The zero-order valence-corrected chi connectivity index (χ0v) is 14.7. The molecule has 24 heavy (non-hydrogen) atoms. The molecule has 3 heterocycles. The van der Waals surface area contributed by atoms with Gasteiger partial charge in [0.15, 0.2) is 5.82 Å². The second-order valence-corrected chi connectivity index (χ2v) is 7.96. The normalized spacial score (nSPS) is 23.9. The van der Waals surface area contributed by atoms with Gasteiger partial charge in [-0.25, -0.2) is 0 Å². The van der Waals surface area contributed by atoms with Gasteiger partial charge in [0.25, 0.3) is 0 Å². The monoisotopic (exact) mass is 342 g/mol. The van der Waals surface area contributed by atoms with E-state index in [4.69, 9.17) is 0 Å². The van der Waals surface area contributed by atoms with Crippen molar-refractivity contribution in [1.29, 1.82) is 0 Å². The minimum Gasteiger partial charge on any atom is -0.353 e. The Bertz CT molecular complexity index is 717. The Balaban J connectivity index is 1.37. The molecule has 0 N–H and O–H groups in total. The van der Waals surface area contributed by atoms with E-state index in [0.29, 0.717) is 11.8 Å². The molecule has 1 saturated heterocycles. The summed E-state index contributed by atoms with van der Waals surface area (Å²) < 4.78 is 0. The fourth-order valence-corrected chi connectivity index (χ4v) is 4.55. The maximum absolute atomic E-state index is 12.8. The van der Waals surface area contributed by atoms with E-state index in [2.05, 4.69) is 39.1 Å². The van der Waals surface area contributed by atoms with Gasteiger partial charge < -0.3 is 9.80 Å². The van der Waals surface area contributed by atoms with E-state index in [0.717, 1.165) is 44.8 Å². The second kappa shape index (κ2) is 6.51. The van der Waals surface area contributed by atoms with Crippen molar-refractivity contribution in [3.8, 4) is 0 Å². The lowest BCUT2D eigenvalue weighted by Crippen LogP contribution is -2.36. The summed E-state index contributed by atoms with van der Waals surface area (Å²) in [6.45, 7) is 5.52. The molecule has 0 aromatic carbocycles. The molecule has 2 fully saturated rings. The third-order valence-electron chi connectivity index (χ3n) is 4.92. The average molecular weight is 342 g/mol. The highest BCUT2D eigenvalue weighted by Crippen LogP contribution is 2.50. The van der Waals surface area contributed by atoms with Crippen LogP contribution in [0.4, 0.5) is 5.82 Å². The Hall–Kier alpha value is -1.95. The number of hydrogen-bond donors (Lipinski definition) is 0. The highest BCUT2D eigenvalue weighted by molar-refractivity contribution is 7.12. The molecular formula is C18H22N4OS. The van der Waals surface area contributed by atoms with Crippen LogP contribution in [-0.4, -0.2) is 47.2 Å². The van der Waals surface area contributed by atoms with Crippen molar-refractivity contribution >= 4 is 23.1 Å². The van der Waals surface area contributed by atoms with Crippen molar-refractivity contribution in [2.24, 2.45) is 5.92 Å². The molecule has 126 valence electrons. The van der Waals surface area contributed by atoms with E-state index in [1.165, 1.54) is 9.75 Å². The van der Waals surface area contributed by atoms with Crippen LogP contribution in [0.5, 0.6) is 0 Å². The molecule has 2 aliphatic rings. The van der Waals surface area contributed by atoms with Crippen LogP contribution in [0.15, 0.2) is 30.5 Å². The van der Waals surface area contributed by atoms with Crippen LogP contribution in [0.1, 0.15) is 28.5 Å². The molecular weight excluding hydrogens is 320 g/mol. The summed E-state index contributed by atoms with van der Waals surface area (Å²) in [6.07, 6.45) is 3.69. The predicted molar refractivity (Wildman–Crippen MR) is 95.3 cm³/mol. The van der Waals surface area contributed by atoms with Gasteiger partial charge >= 0.3 is 0 Å². The van der Waals surface area contributed by atoms with Crippen molar-refractivity contribution in [2.45, 2.75) is 25.7 Å². The second-order valence-electron chi connectivity index (χ2n) is 6.64. The minimum absolute atomic E-state index is 0.200. The molecule has 1 amide bonds. The molecule has 2 aromatic heterocycles. The topological polar surface area (TPSA) is 49.3 Å². The number of amides is 1. The number of carbonyl (C=O) groups is 1. The van der Waals surface area contributed by atoms with E-state index in [1.54, 1.807) is 6.20 Å². The first kappa shape index (κ1) is 15.6. The van der Waals surface area contributed by atoms with E-state index < -0.39 is 0 Å². The summed E-state index contributed by atoms with van der Waals surface area (Å²) in [5, 5.41) is 8.15. The Labute approximate surface area is 146 Å². The van der Waals surface area contributed by atoms with Gasteiger partial charge in [0, 0.05) is 54.0 Å². The lowest BCUT2D eigenvalue weighted by Gasteiger charge is -2.22. The largest absolute Gasteiger partial charge is 0.353 e. The number of hydrogen-bond acceptors (Lipinski definition) is 5. The van der Waals surface area contributed by atoms with Gasteiger partial charge in [-0.2, -0.15) is 5.10 Å². The zero-order chi connectivity index (χ0) is 16.5. The van der Waals surface area contributed by atoms with Crippen molar-refractivity contribution in [3.05, 3.63) is 40.2 Å². The zero-order valence-electron chi connectivity index (χ0n) is 13.9. The Morgan fingerprint density at radius 2 is 2.12 bits per heavy atom. The standard InChI is InChI=1S/C18H22N4OS/c1-13-5-6-16(24-13)14-12-15(14)18(23)22-9-3-8-21(10-11-22)17-4-2-7-19-20-17/h2,4-7,14-15H,3,8-12H2,1H3/t14-,15+/m0/s1. The summed E-state index contributed by atoms with van der Waals surface area (Å²) in [6, 6.07) is 8.25. The molecule has 4 rings (SSSR count). The first-order valence-corrected chi connectivity index (χ1v) is 9.42. The Morgan fingerprint density at radius 1 is 1.21 bits per heavy atom. The summed E-state index contributed by atoms with van der Waals surface area (Å²) in [4.78, 5) is 19.8. The van der Waals surface area contributed by atoms with Crippen LogP contribution >= 0.6 is 11.3 Å². The molecule has 0 bridgehead atoms. The quantitative estimate of drug-likeness (QED) is 0.860. The Kier molecular flexibility index (Phi) is 4.22. The third-order valence-corrected chi connectivity index (χ3v) is 6.06. The van der Waals surface area contributed by atoms with E-state index in [-0.39, 0.29) is 5.92 Å². The summed E-state index contributed by atoms with van der Waals surface area (Å²) in [5.41, 5.74) is 0. The van der Waals surface area contributed by atoms with E-state index in [1.807, 2.05) is 23.5 Å². The first-order chi connectivity index (χ1) is 11.7. The highest BCUT2D eigenvalue weighted by Gasteiger charge is 2.46. The molecule has 0 spiro atoms. The number of thiophene rings is 1. The average Bonchev–Trinajstić information content (AvgIpc) is 3.35. The van der Waals surface area contributed by atoms with Gasteiger partial charge in [0.1, 0.15) is 0 Å². The van der Waals surface area contributed by atoms with E-state index in [9.17, 15) is 4.79 Å². The SMILES string of the molecule is Cc1ccc([C@H]2C[C@H]2C(=O)N2CCCN(c3cccnn3)CC2)s1. The molecule has 0 radical (unpaired) electrons. The van der Waals surface area contributed by atoms with Crippen LogP contribution in [0.2, 0.25) is 0 Å². The fraction of sp³-hybridized carbons (Fsp3) is 0.500. The molecule has 0 unspecified atom stereocenters.